The minimum atomic E-state index is -1.25. The molecular weight excluding hydrogens is 268 g/mol. The van der Waals surface area contributed by atoms with Crippen LogP contribution in [0.5, 0.6) is 0 Å². The molecule has 0 fully saturated rings. The van der Waals surface area contributed by atoms with Crippen molar-refractivity contribution < 1.29 is 35.5 Å². The van der Waals surface area contributed by atoms with Gasteiger partial charge in [0.05, 0.1) is 26.2 Å². The van der Waals surface area contributed by atoms with E-state index in [4.69, 9.17) is 4.74 Å². The molecule has 0 amide bonds. The number of rotatable bonds is 11. The maximum Gasteiger partial charge on any atom is 1.00 e. The molecule has 11 heteroatoms. The van der Waals surface area contributed by atoms with E-state index in [-0.39, 0.29) is 27.7 Å². The second-order valence-corrected chi connectivity index (χ2v) is 3.10. The zero-order valence-electron chi connectivity index (χ0n) is 11.2. The van der Waals surface area contributed by atoms with Crippen LogP contribution in [-0.2, 0) is 23.9 Å². The van der Waals surface area contributed by atoms with Crippen LogP contribution < -0.4 is 0 Å². The van der Waals surface area contributed by atoms with Crippen LogP contribution in [-0.4, -0.2) is 48.7 Å². The Morgan fingerprint density at radius 2 is 1.95 bits per heavy atom. The molecule has 0 saturated heterocycles. The fraction of sp³-hybridized carbons (Fsp3) is 0.875. The van der Waals surface area contributed by atoms with Gasteiger partial charge in [-0.15, -0.1) is 20.2 Å². The van der Waals surface area contributed by atoms with Crippen molar-refractivity contribution in [3.05, 3.63) is 20.2 Å². The van der Waals surface area contributed by atoms with Gasteiger partial charge < -0.3 is 19.1 Å². The van der Waals surface area contributed by atoms with E-state index in [1.807, 2.05) is 0 Å². The summed E-state index contributed by atoms with van der Waals surface area (Å²) in [7, 11) is 0. The zero-order valence-corrected chi connectivity index (χ0v) is 10.2. The van der Waals surface area contributed by atoms with Gasteiger partial charge in [-0.3, -0.25) is 4.79 Å². The van der Waals surface area contributed by atoms with Gasteiger partial charge in [-0.25, -0.2) is 0 Å². The molecule has 0 aliphatic heterocycles. The first-order valence-electron chi connectivity index (χ1n) is 5.27. The lowest BCUT2D eigenvalue weighted by molar-refractivity contribution is -0.790. The van der Waals surface area contributed by atoms with Crippen LogP contribution in [0.1, 0.15) is 14.8 Å². The first-order valence-corrected chi connectivity index (χ1v) is 5.27. The molecule has 0 aromatic carbocycles. The van der Waals surface area contributed by atoms with E-state index in [2.05, 4.69) is 14.4 Å². The first kappa shape index (κ1) is 16.8. The smallest absolute Gasteiger partial charge is 0.466 e. The van der Waals surface area contributed by atoms with Crippen LogP contribution >= 0.6 is 0 Å². The van der Waals surface area contributed by atoms with Crippen molar-refractivity contribution >= 4 is 5.97 Å². The summed E-state index contributed by atoms with van der Waals surface area (Å²) >= 11 is 0. The Morgan fingerprint density at radius 3 is 2.47 bits per heavy atom. The van der Waals surface area contributed by atoms with Crippen molar-refractivity contribution in [2.45, 2.75) is 19.4 Å². The van der Waals surface area contributed by atoms with Crippen LogP contribution in [0.15, 0.2) is 0 Å². The Morgan fingerprint density at radius 1 is 1.26 bits per heavy atom. The Kier molecular flexibility index (Phi) is 8.70. The molecule has 0 aliphatic rings. The van der Waals surface area contributed by atoms with E-state index in [0.29, 0.717) is 0 Å². The average molecular weight is 283 g/mol. The lowest BCUT2D eigenvalue weighted by Crippen LogP contribution is -2.29. The van der Waals surface area contributed by atoms with Crippen molar-refractivity contribution in [1.29, 1.82) is 0 Å². The zero-order chi connectivity index (χ0) is 14.7. The van der Waals surface area contributed by atoms with Gasteiger partial charge in [-0.05, 0) is 6.92 Å². The summed E-state index contributed by atoms with van der Waals surface area (Å²) in [4.78, 5) is 39.0. The van der Waals surface area contributed by atoms with Gasteiger partial charge in [0.2, 0.25) is 0 Å². The standard InChI is InChI=1S/C8H14N2O9/c1-2-17-8(11)3-4-16-5-7(19-10(14)15)6-18-9(12)13/h7H,2-6H2,1H3/p+1/t7-/m0/s1. The molecule has 0 spiro atoms. The van der Waals surface area contributed by atoms with Gasteiger partial charge in [-0.2, -0.15) is 0 Å². The number of esters is 1. The van der Waals surface area contributed by atoms with Crippen molar-refractivity contribution in [1.82, 2.24) is 0 Å². The maximum absolute atomic E-state index is 10.9. The SMILES string of the molecule is CCOC(=O)CCOC[C@@H](CO[N+](=O)[O-])O[N+](=O)[O-].[H+]. The summed E-state index contributed by atoms with van der Waals surface area (Å²) in [6, 6.07) is 0. The quantitative estimate of drug-likeness (QED) is 0.219. The van der Waals surface area contributed by atoms with Crippen LogP contribution in [0.3, 0.4) is 0 Å². The number of nitrogens with zero attached hydrogens (tertiary/aromatic N) is 2. The van der Waals surface area contributed by atoms with Gasteiger partial charge in [0.15, 0.2) is 6.10 Å². The van der Waals surface area contributed by atoms with E-state index in [0.717, 1.165) is 0 Å². The van der Waals surface area contributed by atoms with Crippen molar-refractivity contribution in [2.75, 3.05) is 26.4 Å². The lowest BCUT2D eigenvalue weighted by atomic mass is 10.4. The minimum Gasteiger partial charge on any atom is -0.466 e. The molecule has 0 rings (SSSR count). The Balaban J connectivity index is 0. The molecule has 0 unspecified atom stereocenters. The van der Waals surface area contributed by atoms with Gasteiger partial charge in [-0.1, -0.05) is 0 Å². The molecule has 0 heterocycles. The molecule has 0 aliphatic carbocycles. The molecule has 0 saturated carbocycles. The Labute approximate surface area is 109 Å². The molecule has 0 aromatic rings. The van der Waals surface area contributed by atoms with Gasteiger partial charge in [0.1, 0.15) is 6.61 Å². The fourth-order valence-corrected chi connectivity index (χ4v) is 0.978. The largest absolute Gasteiger partial charge is 1.00 e. The molecule has 1 atom stereocenters. The number of carbonyl (C=O) groups is 1. The maximum atomic E-state index is 10.9. The number of carbonyl (C=O) groups excluding carboxylic acids is 1. The summed E-state index contributed by atoms with van der Waals surface area (Å²) in [5.41, 5.74) is 0. The van der Waals surface area contributed by atoms with E-state index in [1.54, 1.807) is 6.92 Å². The lowest BCUT2D eigenvalue weighted by Gasteiger charge is -2.13. The van der Waals surface area contributed by atoms with E-state index >= 15 is 0 Å². The van der Waals surface area contributed by atoms with Crippen LogP contribution in [0, 0.1) is 20.2 Å². The predicted octanol–water partition coefficient (Wildman–Crippen LogP) is -0.146. The second kappa shape index (κ2) is 9.82. The van der Waals surface area contributed by atoms with Crippen molar-refractivity contribution in [3.8, 4) is 0 Å². The summed E-state index contributed by atoms with van der Waals surface area (Å²) < 4.78 is 9.53. The molecule has 0 radical (unpaired) electrons. The summed E-state index contributed by atoms with van der Waals surface area (Å²) in [6.45, 7) is 0.869. The average Bonchev–Trinajstić information content (AvgIpc) is 2.31. The summed E-state index contributed by atoms with van der Waals surface area (Å²) in [6.07, 6.45) is -1.28. The van der Waals surface area contributed by atoms with Crippen LogP contribution in [0.2, 0.25) is 0 Å². The monoisotopic (exact) mass is 283 g/mol. The third kappa shape index (κ3) is 10.7. The molecule has 0 aromatic heterocycles. The number of hydrogen-bond donors (Lipinski definition) is 0. The molecule has 0 bridgehead atoms. The Hall–Kier alpha value is -2.17. The fourth-order valence-electron chi connectivity index (χ4n) is 0.978. The summed E-state index contributed by atoms with van der Waals surface area (Å²) in [5, 5.41) is 17.8. The highest BCUT2D eigenvalue weighted by Crippen LogP contribution is 1.97. The topological polar surface area (TPSA) is 140 Å². The molecule has 110 valence electrons. The third-order valence-electron chi connectivity index (χ3n) is 1.66. The number of ether oxygens (including phenoxy) is 2. The van der Waals surface area contributed by atoms with Gasteiger partial charge >= 0.3 is 7.40 Å². The van der Waals surface area contributed by atoms with Gasteiger partial charge in [0, 0.05) is 0 Å². The second-order valence-electron chi connectivity index (χ2n) is 3.10. The number of hydrogen-bond acceptors (Lipinski definition) is 9. The molecule has 11 nitrogen and oxygen atoms in total. The van der Waals surface area contributed by atoms with E-state index in [1.165, 1.54) is 0 Å². The highest BCUT2D eigenvalue weighted by atomic mass is 17.0. The summed E-state index contributed by atoms with van der Waals surface area (Å²) in [5.74, 6) is -0.476. The highest BCUT2D eigenvalue weighted by Gasteiger charge is 2.16. The normalized spacial score (nSPS) is 11.4. The third-order valence-corrected chi connectivity index (χ3v) is 1.66. The minimum absolute atomic E-state index is 0. The van der Waals surface area contributed by atoms with E-state index < -0.39 is 28.9 Å². The van der Waals surface area contributed by atoms with Crippen molar-refractivity contribution in [3.63, 3.8) is 0 Å². The predicted molar refractivity (Wildman–Crippen MR) is 58.0 cm³/mol. The Bertz CT molecular complexity index is 314. The molecule has 0 N–H and O–H groups in total. The molecular formula is C8H15N2O9+. The van der Waals surface area contributed by atoms with Crippen LogP contribution in [0.4, 0.5) is 0 Å². The molecule has 19 heavy (non-hydrogen) atoms. The van der Waals surface area contributed by atoms with Gasteiger partial charge in [0.25, 0.3) is 10.2 Å². The first-order chi connectivity index (χ1) is 8.95. The van der Waals surface area contributed by atoms with E-state index in [9.17, 15) is 25.0 Å². The van der Waals surface area contributed by atoms with Crippen molar-refractivity contribution in [2.24, 2.45) is 0 Å². The highest BCUT2D eigenvalue weighted by molar-refractivity contribution is 5.69. The van der Waals surface area contributed by atoms with Crippen LogP contribution in [0.25, 0.3) is 0 Å².